The lowest BCUT2D eigenvalue weighted by atomic mass is 10.0. The third-order valence-corrected chi connectivity index (χ3v) is 2.84. The summed E-state index contributed by atoms with van der Waals surface area (Å²) in [7, 11) is 0. The van der Waals surface area contributed by atoms with Crippen molar-refractivity contribution >= 4 is 22.4 Å². The Kier molecular flexibility index (Phi) is 3.16. The SMILES string of the molecule is CC(Nc1ccc(C#N)c2ccccc12)C(N)=O. The normalized spacial score (nSPS) is 11.8. The molecule has 2 rings (SSSR count). The molecule has 0 aromatic heterocycles. The minimum Gasteiger partial charge on any atom is -0.373 e. The van der Waals surface area contributed by atoms with Gasteiger partial charge >= 0.3 is 0 Å². The maximum Gasteiger partial charge on any atom is 0.239 e. The maximum absolute atomic E-state index is 11.1. The Labute approximate surface area is 105 Å². The number of hydrogen-bond acceptors (Lipinski definition) is 3. The third-order valence-electron chi connectivity index (χ3n) is 2.84. The second-order valence-electron chi connectivity index (χ2n) is 4.09. The minimum absolute atomic E-state index is 0.413. The molecule has 0 spiro atoms. The Bertz CT molecular complexity index is 643. The second kappa shape index (κ2) is 4.76. The van der Waals surface area contributed by atoms with Crippen molar-refractivity contribution in [3.05, 3.63) is 42.0 Å². The number of nitriles is 1. The van der Waals surface area contributed by atoms with E-state index in [9.17, 15) is 4.79 Å². The highest BCUT2D eigenvalue weighted by Gasteiger charge is 2.11. The van der Waals surface area contributed by atoms with Crippen LogP contribution in [0.25, 0.3) is 10.8 Å². The van der Waals surface area contributed by atoms with Gasteiger partial charge in [-0.2, -0.15) is 5.26 Å². The van der Waals surface area contributed by atoms with Gasteiger partial charge in [-0.3, -0.25) is 4.79 Å². The zero-order valence-corrected chi connectivity index (χ0v) is 9.97. The molecular formula is C14H13N3O. The first-order valence-corrected chi connectivity index (χ1v) is 5.61. The van der Waals surface area contributed by atoms with Crippen molar-refractivity contribution in [1.29, 1.82) is 5.26 Å². The van der Waals surface area contributed by atoms with Gasteiger partial charge in [-0.1, -0.05) is 24.3 Å². The van der Waals surface area contributed by atoms with E-state index < -0.39 is 11.9 Å². The summed E-state index contributed by atoms with van der Waals surface area (Å²) in [6, 6.07) is 12.8. The fourth-order valence-corrected chi connectivity index (χ4v) is 1.83. The summed E-state index contributed by atoms with van der Waals surface area (Å²) in [5.41, 5.74) is 6.65. The fraction of sp³-hybridized carbons (Fsp3) is 0.143. The monoisotopic (exact) mass is 239 g/mol. The Morgan fingerprint density at radius 1 is 1.28 bits per heavy atom. The topological polar surface area (TPSA) is 78.9 Å². The second-order valence-corrected chi connectivity index (χ2v) is 4.09. The van der Waals surface area contributed by atoms with Crippen LogP contribution in [0.3, 0.4) is 0 Å². The van der Waals surface area contributed by atoms with Crippen LogP contribution in [0.2, 0.25) is 0 Å². The van der Waals surface area contributed by atoms with Crippen LogP contribution in [0.5, 0.6) is 0 Å². The summed E-state index contributed by atoms with van der Waals surface area (Å²) in [6.45, 7) is 1.70. The number of nitrogens with one attached hydrogen (secondary N) is 1. The number of benzene rings is 2. The van der Waals surface area contributed by atoms with Gasteiger partial charge in [-0.05, 0) is 19.1 Å². The van der Waals surface area contributed by atoms with Crippen molar-refractivity contribution in [3.63, 3.8) is 0 Å². The number of anilines is 1. The number of fused-ring (bicyclic) bond motifs is 1. The average Bonchev–Trinajstić information content (AvgIpc) is 2.39. The van der Waals surface area contributed by atoms with E-state index in [0.717, 1.165) is 16.5 Å². The molecule has 0 saturated heterocycles. The number of primary amides is 1. The van der Waals surface area contributed by atoms with E-state index >= 15 is 0 Å². The van der Waals surface area contributed by atoms with Gasteiger partial charge in [0, 0.05) is 16.5 Å². The molecule has 0 aliphatic carbocycles. The number of nitrogens with zero attached hydrogens (tertiary/aromatic N) is 1. The Hall–Kier alpha value is -2.54. The van der Waals surface area contributed by atoms with Crippen LogP contribution in [-0.2, 0) is 4.79 Å². The number of amides is 1. The molecule has 0 aliphatic rings. The van der Waals surface area contributed by atoms with Gasteiger partial charge in [-0.15, -0.1) is 0 Å². The zero-order chi connectivity index (χ0) is 13.1. The van der Waals surface area contributed by atoms with Crippen molar-refractivity contribution in [1.82, 2.24) is 0 Å². The first-order valence-electron chi connectivity index (χ1n) is 5.61. The van der Waals surface area contributed by atoms with E-state index in [2.05, 4.69) is 11.4 Å². The summed E-state index contributed by atoms with van der Waals surface area (Å²) in [5, 5.41) is 13.9. The summed E-state index contributed by atoms with van der Waals surface area (Å²) in [6.07, 6.45) is 0. The van der Waals surface area contributed by atoms with Crippen molar-refractivity contribution in [2.75, 3.05) is 5.32 Å². The van der Waals surface area contributed by atoms with Crippen LogP contribution in [0.15, 0.2) is 36.4 Å². The smallest absolute Gasteiger partial charge is 0.239 e. The summed E-state index contributed by atoms with van der Waals surface area (Å²) >= 11 is 0. The van der Waals surface area contributed by atoms with Crippen LogP contribution >= 0.6 is 0 Å². The van der Waals surface area contributed by atoms with E-state index in [4.69, 9.17) is 11.0 Å². The lowest BCUT2D eigenvalue weighted by Gasteiger charge is -2.14. The van der Waals surface area contributed by atoms with E-state index in [1.165, 1.54) is 0 Å². The average molecular weight is 239 g/mol. The molecule has 4 heteroatoms. The predicted octanol–water partition coefficient (Wildman–Crippen LogP) is 2.00. The van der Waals surface area contributed by atoms with E-state index in [1.54, 1.807) is 19.1 Å². The van der Waals surface area contributed by atoms with Crippen molar-refractivity contribution < 1.29 is 4.79 Å². The van der Waals surface area contributed by atoms with Crippen LogP contribution < -0.4 is 11.1 Å². The number of carbonyl (C=O) groups is 1. The molecule has 2 aromatic rings. The van der Waals surface area contributed by atoms with Crippen LogP contribution in [-0.4, -0.2) is 11.9 Å². The van der Waals surface area contributed by atoms with Gasteiger partial charge < -0.3 is 11.1 Å². The molecule has 4 nitrogen and oxygen atoms in total. The lowest BCUT2D eigenvalue weighted by molar-refractivity contribution is -0.118. The molecule has 0 radical (unpaired) electrons. The summed E-state index contributed by atoms with van der Waals surface area (Å²) < 4.78 is 0. The highest BCUT2D eigenvalue weighted by molar-refractivity contribution is 5.98. The molecule has 90 valence electrons. The lowest BCUT2D eigenvalue weighted by Crippen LogP contribution is -2.32. The molecule has 0 fully saturated rings. The van der Waals surface area contributed by atoms with Crippen molar-refractivity contribution in [3.8, 4) is 6.07 Å². The van der Waals surface area contributed by atoms with Gasteiger partial charge in [0.15, 0.2) is 0 Å². The number of hydrogen-bond donors (Lipinski definition) is 2. The van der Waals surface area contributed by atoms with Crippen LogP contribution in [0, 0.1) is 11.3 Å². The quantitative estimate of drug-likeness (QED) is 0.859. The molecule has 0 bridgehead atoms. The zero-order valence-electron chi connectivity index (χ0n) is 9.97. The van der Waals surface area contributed by atoms with Crippen LogP contribution in [0.1, 0.15) is 12.5 Å². The number of nitrogens with two attached hydrogens (primary N) is 1. The van der Waals surface area contributed by atoms with Gasteiger partial charge in [0.05, 0.1) is 11.6 Å². The molecule has 0 saturated carbocycles. The fourth-order valence-electron chi connectivity index (χ4n) is 1.83. The Morgan fingerprint density at radius 3 is 2.56 bits per heavy atom. The highest BCUT2D eigenvalue weighted by atomic mass is 16.1. The predicted molar refractivity (Wildman–Crippen MR) is 70.9 cm³/mol. The Balaban J connectivity index is 2.54. The van der Waals surface area contributed by atoms with E-state index in [1.807, 2.05) is 24.3 Å². The summed E-state index contributed by atoms with van der Waals surface area (Å²) in [4.78, 5) is 11.1. The largest absolute Gasteiger partial charge is 0.373 e. The molecule has 1 unspecified atom stereocenters. The Morgan fingerprint density at radius 2 is 1.94 bits per heavy atom. The summed E-state index contributed by atoms with van der Waals surface area (Å²) in [5.74, 6) is -0.413. The molecule has 2 aromatic carbocycles. The molecule has 1 atom stereocenters. The molecule has 0 heterocycles. The van der Waals surface area contributed by atoms with Crippen LogP contribution in [0.4, 0.5) is 5.69 Å². The molecular weight excluding hydrogens is 226 g/mol. The first-order chi connectivity index (χ1) is 8.63. The molecule has 0 aliphatic heterocycles. The first kappa shape index (κ1) is 11.9. The third kappa shape index (κ3) is 2.11. The van der Waals surface area contributed by atoms with Gasteiger partial charge in [-0.25, -0.2) is 0 Å². The van der Waals surface area contributed by atoms with Gasteiger partial charge in [0.2, 0.25) is 5.91 Å². The maximum atomic E-state index is 11.1. The van der Waals surface area contributed by atoms with Gasteiger partial charge in [0.1, 0.15) is 6.04 Å². The van der Waals surface area contributed by atoms with Gasteiger partial charge in [0.25, 0.3) is 0 Å². The molecule has 3 N–H and O–H groups in total. The standard InChI is InChI=1S/C14H13N3O/c1-9(14(16)18)17-13-7-6-10(8-15)11-4-2-3-5-12(11)13/h2-7,9,17H,1H3,(H2,16,18). The van der Waals surface area contributed by atoms with E-state index in [-0.39, 0.29) is 0 Å². The molecule has 18 heavy (non-hydrogen) atoms. The van der Waals surface area contributed by atoms with E-state index in [0.29, 0.717) is 5.56 Å². The number of carbonyl (C=O) groups excluding carboxylic acids is 1. The number of rotatable bonds is 3. The highest BCUT2D eigenvalue weighted by Crippen LogP contribution is 2.26. The van der Waals surface area contributed by atoms with Crippen molar-refractivity contribution in [2.24, 2.45) is 5.73 Å². The van der Waals surface area contributed by atoms with Crippen molar-refractivity contribution in [2.45, 2.75) is 13.0 Å². The molecule has 1 amide bonds. The minimum atomic E-state index is -0.457.